The second-order valence-electron chi connectivity index (χ2n) is 3.49. The minimum Gasteiger partial charge on any atom is -0.467 e. The Morgan fingerprint density at radius 2 is 2.00 bits per heavy atom. The van der Waals surface area contributed by atoms with E-state index in [-0.39, 0.29) is 18.6 Å². The molecule has 1 atom stereocenters. The molecule has 0 bridgehead atoms. The van der Waals surface area contributed by atoms with Crippen molar-refractivity contribution in [3.63, 3.8) is 0 Å². The van der Waals surface area contributed by atoms with Crippen LogP contribution in [0.4, 0.5) is 13.2 Å². The lowest BCUT2D eigenvalue weighted by Crippen LogP contribution is -2.24. The van der Waals surface area contributed by atoms with Gasteiger partial charge in [-0.1, -0.05) is 13.8 Å². The van der Waals surface area contributed by atoms with E-state index in [1.54, 1.807) is 13.8 Å². The molecule has 0 aromatic heterocycles. The number of hydrogen-bond donors (Lipinski definition) is 0. The van der Waals surface area contributed by atoms with Crippen molar-refractivity contribution in [2.24, 2.45) is 10.9 Å². The number of methoxy groups -OCH3 is 1. The molecule has 0 radical (unpaired) electrons. The predicted octanol–water partition coefficient (Wildman–Crippen LogP) is 2.21. The maximum Gasteiger partial charge on any atom is 0.426 e. The van der Waals surface area contributed by atoms with Crippen molar-refractivity contribution >= 4 is 12.2 Å². The molecule has 3 nitrogen and oxygen atoms in total. The fourth-order valence-electron chi connectivity index (χ4n) is 0.975. The normalized spacial score (nSPS) is 14.6. The van der Waals surface area contributed by atoms with Crippen LogP contribution in [-0.2, 0) is 9.53 Å². The number of carbonyl (C=O) groups is 1. The summed E-state index contributed by atoms with van der Waals surface area (Å²) in [5.41, 5.74) is 0. The van der Waals surface area contributed by atoms with Gasteiger partial charge in [0.1, 0.15) is 12.3 Å². The zero-order valence-electron chi connectivity index (χ0n) is 8.84. The van der Waals surface area contributed by atoms with Crippen LogP contribution in [0, 0.1) is 5.92 Å². The molecule has 0 aliphatic carbocycles. The molecule has 0 aromatic rings. The minimum atomic E-state index is -4.50. The molecule has 0 aromatic carbocycles. The van der Waals surface area contributed by atoms with Crippen LogP contribution in [0.3, 0.4) is 0 Å². The van der Waals surface area contributed by atoms with Gasteiger partial charge in [-0.25, -0.2) is 4.79 Å². The summed E-state index contributed by atoms with van der Waals surface area (Å²) >= 11 is 0. The Kier molecular flexibility index (Phi) is 5.32. The number of alkyl halides is 3. The Balaban J connectivity index is 4.51. The van der Waals surface area contributed by atoms with Crippen LogP contribution < -0.4 is 0 Å². The minimum absolute atomic E-state index is 0.0690. The lowest BCUT2D eigenvalue weighted by molar-refractivity contribution is -0.142. The van der Waals surface area contributed by atoms with Gasteiger partial charge in [-0.3, -0.25) is 4.99 Å². The fourth-order valence-corrected chi connectivity index (χ4v) is 0.975. The van der Waals surface area contributed by atoms with Gasteiger partial charge in [-0.15, -0.1) is 0 Å². The van der Waals surface area contributed by atoms with Gasteiger partial charge < -0.3 is 4.74 Å². The monoisotopic (exact) mass is 225 g/mol. The molecule has 0 rings (SSSR count). The number of rotatable bonds is 4. The summed E-state index contributed by atoms with van der Waals surface area (Å²) in [6.45, 7) is 3.58. The third kappa shape index (κ3) is 6.93. The molecule has 0 N–H and O–H groups in total. The third-order valence-corrected chi connectivity index (χ3v) is 1.57. The van der Waals surface area contributed by atoms with Crippen LogP contribution in [0.15, 0.2) is 4.99 Å². The standard InChI is InChI=1S/C9H14F3NO2/c1-6(2)4-7(8(14)15-3)13-5-9(10,11)12/h5-7H,4H2,1-3H3/t7-/m0/s1. The highest BCUT2D eigenvalue weighted by atomic mass is 19.4. The van der Waals surface area contributed by atoms with Crippen molar-refractivity contribution in [1.82, 2.24) is 0 Å². The maximum absolute atomic E-state index is 11.8. The van der Waals surface area contributed by atoms with Crippen LogP contribution in [0.2, 0.25) is 0 Å². The van der Waals surface area contributed by atoms with Crippen molar-refractivity contribution in [1.29, 1.82) is 0 Å². The SMILES string of the molecule is COC(=O)[C@H](CC(C)C)N=CC(F)(F)F. The van der Waals surface area contributed by atoms with Crippen LogP contribution >= 0.6 is 0 Å². The van der Waals surface area contributed by atoms with Gasteiger partial charge in [-0.05, 0) is 12.3 Å². The number of nitrogens with zero attached hydrogens (tertiary/aromatic N) is 1. The van der Waals surface area contributed by atoms with E-state index >= 15 is 0 Å². The summed E-state index contributed by atoms with van der Waals surface area (Å²) in [7, 11) is 1.12. The summed E-state index contributed by atoms with van der Waals surface area (Å²) in [5, 5.41) is 0. The van der Waals surface area contributed by atoms with Gasteiger partial charge in [0.15, 0.2) is 0 Å². The van der Waals surface area contributed by atoms with E-state index in [9.17, 15) is 18.0 Å². The second kappa shape index (κ2) is 5.72. The highest BCUT2D eigenvalue weighted by Crippen LogP contribution is 2.14. The first-order valence-electron chi connectivity index (χ1n) is 4.45. The predicted molar refractivity (Wildman–Crippen MR) is 49.8 cm³/mol. The first-order chi connectivity index (χ1) is 6.76. The van der Waals surface area contributed by atoms with E-state index in [1.807, 2.05) is 0 Å². The van der Waals surface area contributed by atoms with Gasteiger partial charge in [0, 0.05) is 0 Å². The number of aliphatic imine (C=N–C) groups is 1. The van der Waals surface area contributed by atoms with E-state index < -0.39 is 18.2 Å². The molecule has 88 valence electrons. The van der Waals surface area contributed by atoms with Crippen LogP contribution in [-0.4, -0.2) is 31.5 Å². The molecule has 6 heteroatoms. The average Bonchev–Trinajstić information content (AvgIpc) is 2.09. The molecular weight excluding hydrogens is 211 g/mol. The number of ether oxygens (including phenoxy) is 1. The molecule has 0 fully saturated rings. The van der Waals surface area contributed by atoms with Crippen LogP contribution in [0.25, 0.3) is 0 Å². The Bertz CT molecular complexity index is 236. The van der Waals surface area contributed by atoms with Crippen molar-refractivity contribution in [3.05, 3.63) is 0 Å². The molecule has 0 aliphatic rings. The number of carbonyl (C=O) groups excluding carboxylic acids is 1. The molecular formula is C9H14F3NO2. The van der Waals surface area contributed by atoms with E-state index in [4.69, 9.17) is 0 Å². The van der Waals surface area contributed by atoms with E-state index in [2.05, 4.69) is 9.73 Å². The average molecular weight is 225 g/mol. The zero-order valence-corrected chi connectivity index (χ0v) is 8.84. The quantitative estimate of drug-likeness (QED) is 0.543. The summed E-state index contributed by atoms with van der Waals surface area (Å²) in [5.74, 6) is -0.677. The van der Waals surface area contributed by atoms with Gasteiger partial charge >= 0.3 is 12.1 Å². The Morgan fingerprint density at radius 1 is 1.47 bits per heavy atom. The van der Waals surface area contributed by atoms with Crippen molar-refractivity contribution < 1.29 is 22.7 Å². The van der Waals surface area contributed by atoms with Gasteiger partial charge in [-0.2, -0.15) is 13.2 Å². The Hall–Kier alpha value is -1.07. The van der Waals surface area contributed by atoms with Gasteiger partial charge in [0.25, 0.3) is 0 Å². The lowest BCUT2D eigenvalue weighted by Gasteiger charge is -2.12. The summed E-state index contributed by atoms with van der Waals surface area (Å²) in [6, 6.07) is -1.07. The highest BCUT2D eigenvalue weighted by molar-refractivity contribution is 5.78. The molecule has 15 heavy (non-hydrogen) atoms. The topological polar surface area (TPSA) is 38.7 Å². The van der Waals surface area contributed by atoms with Gasteiger partial charge in [0.05, 0.1) is 7.11 Å². The molecule has 0 aliphatic heterocycles. The van der Waals surface area contributed by atoms with Crippen molar-refractivity contribution in [2.75, 3.05) is 7.11 Å². The Morgan fingerprint density at radius 3 is 2.33 bits per heavy atom. The highest BCUT2D eigenvalue weighted by Gasteiger charge is 2.26. The largest absolute Gasteiger partial charge is 0.467 e. The molecule has 0 saturated heterocycles. The third-order valence-electron chi connectivity index (χ3n) is 1.57. The van der Waals surface area contributed by atoms with Gasteiger partial charge in [0.2, 0.25) is 0 Å². The molecule has 0 heterocycles. The first-order valence-corrected chi connectivity index (χ1v) is 4.45. The summed E-state index contributed by atoms with van der Waals surface area (Å²) in [4.78, 5) is 14.2. The first kappa shape index (κ1) is 13.9. The molecule has 0 spiro atoms. The summed E-state index contributed by atoms with van der Waals surface area (Å²) < 4.78 is 39.8. The maximum atomic E-state index is 11.8. The van der Waals surface area contributed by atoms with Crippen LogP contribution in [0.1, 0.15) is 20.3 Å². The molecule has 0 unspecified atom stereocenters. The zero-order chi connectivity index (χ0) is 12.1. The molecule has 0 saturated carbocycles. The van der Waals surface area contributed by atoms with E-state index in [0.717, 1.165) is 7.11 Å². The lowest BCUT2D eigenvalue weighted by atomic mass is 10.0. The number of hydrogen-bond acceptors (Lipinski definition) is 3. The van der Waals surface area contributed by atoms with Crippen molar-refractivity contribution in [2.45, 2.75) is 32.5 Å². The fraction of sp³-hybridized carbons (Fsp3) is 0.778. The Labute approximate surface area is 86.3 Å². The second-order valence-corrected chi connectivity index (χ2v) is 3.49. The number of halogens is 3. The number of esters is 1. The smallest absolute Gasteiger partial charge is 0.426 e. The van der Waals surface area contributed by atoms with E-state index in [1.165, 1.54) is 0 Å². The molecule has 0 amide bonds. The van der Waals surface area contributed by atoms with Crippen LogP contribution in [0.5, 0.6) is 0 Å². The van der Waals surface area contributed by atoms with Crippen molar-refractivity contribution in [3.8, 4) is 0 Å². The summed E-state index contributed by atoms with van der Waals surface area (Å²) in [6.07, 6.45) is -4.43. The van der Waals surface area contributed by atoms with E-state index in [0.29, 0.717) is 0 Å².